The van der Waals surface area contributed by atoms with Crippen LogP contribution in [0.3, 0.4) is 0 Å². The number of hydrogen-bond donors (Lipinski definition) is 1. The first kappa shape index (κ1) is 16.8. The average molecular weight is 342 g/mol. The van der Waals surface area contributed by atoms with Crippen LogP contribution >= 0.6 is 0 Å². The van der Waals surface area contributed by atoms with E-state index in [1.54, 1.807) is 7.11 Å². The first-order valence-corrected chi connectivity index (χ1v) is 9.05. The van der Waals surface area contributed by atoms with Gasteiger partial charge in [0.05, 0.1) is 24.5 Å². The number of aromatic nitrogens is 1. The standard InChI is InChI=1S/C20H26N2O3/c1-24-17-5-3-4-14-6-7-15(21-19(14)17)13-22-11-10-20(25-2)9-8-16(23)12-18(20)22/h3-7,16,18,23H,8-13H2,1-2H3/t16-,18-,20+/m0/s1. The van der Waals surface area contributed by atoms with E-state index in [0.29, 0.717) is 0 Å². The number of pyridine rings is 1. The number of aliphatic hydroxyl groups excluding tert-OH is 1. The summed E-state index contributed by atoms with van der Waals surface area (Å²) in [5.74, 6) is 0.806. The summed E-state index contributed by atoms with van der Waals surface area (Å²) < 4.78 is 11.4. The zero-order chi connectivity index (χ0) is 17.4. The molecule has 5 nitrogen and oxygen atoms in total. The number of benzene rings is 1. The fourth-order valence-electron chi connectivity index (χ4n) is 4.58. The molecule has 1 N–H and O–H groups in total. The molecule has 1 saturated carbocycles. The predicted molar refractivity (Wildman–Crippen MR) is 96.7 cm³/mol. The Morgan fingerprint density at radius 2 is 2.12 bits per heavy atom. The molecule has 0 amide bonds. The molecule has 2 fully saturated rings. The van der Waals surface area contributed by atoms with E-state index in [0.717, 1.165) is 61.1 Å². The third-order valence-corrected chi connectivity index (χ3v) is 6.00. The van der Waals surface area contributed by atoms with Crippen molar-refractivity contribution in [1.82, 2.24) is 9.88 Å². The topological polar surface area (TPSA) is 54.8 Å². The lowest BCUT2D eigenvalue weighted by Crippen LogP contribution is -2.51. The van der Waals surface area contributed by atoms with Crippen molar-refractivity contribution in [2.45, 2.75) is 50.0 Å². The van der Waals surface area contributed by atoms with Gasteiger partial charge in [0, 0.05) is 31.6 Å². The van der Waals surface area contributed by atoms with Crippen LogP contribution < -0.4 is 4.74 Å². The summed E-state index contributed by atoms with van der Waals surface area (Å²) in [4.78, 5) is 7.27. The van der Waals surface area contributed by atoms with Crippen molar-refractivity contribution in [3.63, 3.8) is 0 Å². The number of rotatable bonds is 4. The zero-order valence-electron chi connectivity index (χ0n) is 14.9. The van der Waals surface area contributed by atoms with Crippen LogP contribution in [-0.2, 0) is 11.3 Å². The number of likely N-dealkylation sites (tertiary alicyclic amines) is 1. The second kappa shape index (κ2) is 6.56. The Bertz CT molecular complexity index is 766. The molecule has 2 aliphatic rings. The number of fused-ring (bicyclic) bond motifs is 2. The van der Waals surface area contributed by atoms with E-state index in [4.69, 9.17) is 14.5 Å². The minimum absolute atomic E-state index is 0.103. The van der Waals surface area contributed by atoms with E-state index >= 15 is 0 Å². The fourth-order valence-corrected chi connectivity index (χ4v) is 4.58. The van der Waals surface area contributed by atoms with Gasteiger partial charge in [-0.15, -0.1) is 0 Å². The van der Waals surface area contributed by atoms with E-state index in [9.17, 15) is 5.11 Å². The molecule has 1 aliphatic heterocycles. The summed E-state index contributed by atoms with van der Waals surface area (Å²) in [6.45, 7) is 1.76. The molecular formula is C20H26N2O3. The predicted octanol–water partition coefficient (Wildman–Crippen LogP) is 2.75. The average Bonchev–Trinajstić information content (AvgIpc) is 2.99. The van der Waals surface area contributed by atoms with Gasteiger partial charge in [0.15, 0.2) is 0 Å². The van der Waals surface area contributed by atoms with E-state index in [2.05, 4.69) is 23.1 Å². The van der Waals surface area contributed by atoms with Crippen LogP contribution in [0.15, 0.2) is 30.3 Å². The van der Waals surface area contributed by atoms with Gasteiger partial charge in [0.2, 0.25) is 0 Å². The monoisotopic (exact) mass is 342 g/mol. The minimum atomic E-state index is -0.224. The molecule has 134 valence electrons. The summed E-state index contributed by atoms with van der Waals surface area (Å²) in [6, 6.07) is 10.4. The van der Waals surface area contributed by atoms with Crippen molar-refractivity contribution < 1.29 is 14.6 Å². The van der Waals surface area contributed by atoms with E-state index in [-0.39, 0.29) is 17.7 Å². The lowest BCUT2D eigenvalue weighted by atomic mass is 9.79. The molecule has 0 unspecified atom stereocenters. The van der Waals surface area contributed by atoms with Gasteiger partial charge < -0.3 is 14.6 Å². The molecule has 2 aromatic rings. The summed E-state index contributed by atoms with van der Waals surface area (Å²) in [7, 11) is 3.49. The Morgan fingerprint density at radius 3 is 2.92 bits per heavy atom. The van der Waals surface area contributed by atoms with Crippen molar-refractivity contribution in [3.8, 4) is 5.75 Å². The van der Waals surface area contributed by atoms with Crippen LogP contribution in [0.1, 0.15) is 31.4 Å². The Labute approximate surface area is 148 Å². The summed E-state index contributed by atoms with van der Waals surface area (Å²) in [5.41, 5.74) is 1.83. The van der Waals surface area contributed by atoms with Gasteiger partial charge in [-0.25, -0.2) is 4.98 Å². The quantitative estimate of drug-likeness (QED) is 0.926. The third kappa shape index (κ3) is 2.90. The van der Waals surface area contributed by atoms with Crippen molar-refractivity contribution in [3.05, 3.63) is 36.0 Å². The molecular weight excluding hydrogens is 316 g/mol. The Morgan fingerprint density at radius 1 is 1.24 bits per heavy atom. The first-order chi connectivity index (χ1) is 12.1. The second-order valence-corrected chi connectivity index (χ2v) is 7.27. The molecule has 4 rings (SSSR count). The van der Waals surface area contributed by atoms with Crippen LogP contribution in [0.2, 0.25) is 0 Å². The smallest absolute Gasteiger partial charge is 0.145 e. The number of para-hydroxylation sites is 1. The highest BCUT2D eigenvalue weighted by molar-refractivity contribution is 5.84. The maximum Gasteiger partial charge on any atom is 0.145 e. The Balaban J connectivity index is 1.60. The number of hydrogen-bond acceptors (Lipinski definition) is 5. The molecule has 1 aromatic heterocycles. The number of methoxy groups -OCH3 is 2. The maximum atomic E-state index is 10.1. The highest BCUT2D eigenvalue weighted by atomic mass is 16.5. The lowest BCUT2D eigenvalue weighted by molar-refractivity contribution is -0.0880. The number of nitrogens with zero attached hydrogens (tertiary/aromatic N) is 2. The van der Waals surface area contributed by atoms with Crippen LogP contribution in [0, 0.1) is 0 Å². The largest absolute Gasteiger partial charge is 0.494 e. The van der Waals surface area contributed by atoms with Crippen molar-refractivity contribution >= 4 is 10.9 Å². The van der Waals surface area contributed by atoms with Crippen LogP contribution in [-0.4, -0.2) is 53.5 Å². The van der Waals surface area contributed by atoms with Crippen molar-refractivity contribution in [2.24, 2.45) is 0 Å². The van der Waals surface area contributed by atoms with Crippen molar-refractivity contribution in [1.29, 1.82) is 0 Å². The zero-order valence-corrected chi connectivity index (χ0v) is 14.9. The molecule has 1 aliphatic carbocycles. The van der Waals surface area contributed by atoms with E-state index in [1.807, 2.05) is 19.2 Å². The number of ether oxygens (including phenoxy) is 2. The Hall–Kier alpha value is -1.69. The van der Waals surface area contributed by atoms with Gasteiger partial charge in [-0.1, -0.05) is 18.2 Å². The molecule has 25 heavy (non-hydrogen) atoms. The fraction of sp³-hybridized carbons (Fsp3) is 0.550. The third-order valence-electron chi connectivity index (χ3n) is 6.00. The summed E-state index contributed by atoms with van der Waals surface area (Å²) >= 11 is 0. The second-order valence-electron chi connectivity index (χ2n) is 7.27. The molecule has 3 atom stereocenters. The van der Waals surface area contributed by atoms with Crippen LogP contribution in [0.25, 0.3) is 10.9 Å². The van der Waals surface area contributed by atoms with Gasteiger partial charge in [0.1, 0.15) is 11.3 Å². The highest BCUT2D eigenvalue weighted by Crippen LogP contribution is 2.43. The molecule has 0 bridgehead atoms. The van der Waals surface area contributed by atoms with Gasteiger partial charge in [-0.3, -0.25) is 4.90 Å². The molecule has 2 heterocycles. The summed E-state index contributed by atoms with van der Waals surface area (Å²) in [6.07, 6.45) is 3.36. The first-order valence-electron chi connectivity index (χ1n) is 9.05. The van der Waals surface area contributed by atoms with Gasteiger partial charge in [-0.05, 0) is 37.8 Å². The minimum Gasteiger partial charge on any atom is -0.494 e. The Kier molecular flexibility index (Phi) is 4.40. The molecule has 0 radical (unpaired) electrons. The lowest BCUT2D eigenvalue weighted by Gasteiger charge is -2.42. The maximum absolute atomic E-state index is 10.1. The van der Waals surface area contributed by atoms with Gasteiger partial charge in [-0.2, -0.15) is 0 Å². The molecule has 1 saturated heterocycles. The van der Waals surface area contributed by atoms with Crippen molar-refractivity contribution in [2.75, 3.05) is 20.8 Å². The molecule has 0 spiro atoms. The van der Waals surface area contributed by atoms with E-state index in [1.165, 1.54) is 0 Å². The van der Waals surface area contributed by atoms with E-state index < -0.39 is 0 Å². The normalized spacial score (nSPS) is 29.7. The number of aliphatic hydroxyl groups is 1. The molecule has 5 heteroatoms. The van der Waals surface area contributed by atoms with Crippen LogP contribution in [0.5, 0.6) is 5.75 Å². The SMILES string of the molecule is COc1cccc2ccc(CN3CC[C@]4(OC)CC[C@H](O)C[C@H]34)nc12. The summed E-state index contributed by atoms with van der Waals surface area (Å²) in [5, 5.41) is 11.2. The van der Waals surface area contributed by atoms with Crippen LogP contribution in [0.4, 0.5) is 0 Å². The van der Waals surface area contributed by atoms with Gasteiger partial charge in [0.25, 0.3) is 0 Å². The molecule has 1 aromatic carbocycles. The van der Waals surface area contributed by atoms with Gasteiger partial charge >= 0.3 is 0 Å². The highest BCUT2D eigenvalue weighted by Gasteiger charge is 2.50.